The van der Waals surface area contributed by atoms with Crippen LogP contribution in [0.3, 0.4) is 0 Å². The number of hydrogen-bond acceptors (Lipinski definition) is 3. The van der Waals surface area contributed by atoms with E-state index in [2.05, 4.69) is 15.3 Å². The van der Waals surface area contributed by atoms with Gasteiger partial charge in [0.05, 0.1) is 28.1 Å². The molecule has 7 heteroatoms. The molecule has 1 heterocycles. The Balaban J connectivity index is 2.29. The van der Waals surface area contributed by atoms with E-state index in [4.69, 9.17) is 34.8 Å². The van der Waals surface area contributed by atoms with Crippen LogP contribution in [0.4, 0.5) is 5.69 Å². The van der Waals surface area contributed by atoms with Crippen LogP contribution in [-0.2, 0) is 0 Å². The summed E-state index contributed by atoms with van der Waals surface area (Å²) < 4.78 is 0. The van der Waals surface area contributed by atoms with Crippen molar-refractivity contribution >= 4 is 46.4 Å². The molecule has 0 aliphatic heterocycles. The summed E-state index contributed by atoms with van der Waals surface area (Å²) in [6, 6.07) is 3.42. The molecule has 0 fully saturated rings. The van der Waals surface area contributed by atoms with E-state index in [-0.39, 0.29) is 10.8 Å². The zero-order chi connectivity index (χ0) is 14.0. The number of aromatic nitrogens is 2. The van der Waals surface area contributed by atoms with Crippen LogP contribution in [0.1, 0.15) is 16.1 Å². The van der Waals surface area contributed by atoms with Crippen LogP contribution in [0.15, 0.2) is 24.5 Å². The lowest BCUT2D eigenvalue weighted by Crippen LogP contribution is -2.14. The molecule has 19 heavy (non-hydrogen) atoms. The number of benzene rings is 1. The number of halogens is 3. The number of rotatable bonds is 2. The number of aryl methyl sites for hydroxylation is 1. The molecule has 2 rings (SSSR count). The Morgan fingerprint density at radius 3 is 2.53 bits per heavy atom. The average Bonchev–Trinajstić information content (AvgIpc) is 2.40. The molecule has 0 spiro atoms. The van der Waals surface area contributed by atoms with E-state index in [9.17, 15) is 4.79 Å². The van der Waals surface area contributed by atoms with Crippen molar-refractivity contribution < 1.29 is 4.79 Å². The lowest BCUT2D eigenvalue weighted by molar-refractivity contribution is 0.102. The fourth-order valence-electron chi connectivity index (χ4n) is 1.38. The van der Waals surface area contributed by atoms with Gasteiger partial charge in [0.25, 0.3) is 5.91 Å². The molecule has 0 radical (unpaired) electrons. The maximum atomic E-state index is 12.0. The molecule has 2 aromatic rings. The van der Waals surface area contributed by atoms with Crippen LogP contribution in [0.2, 0.25) is 15.2 Å². The Morgan fingerprint density at radius 1 is 1.16 bits per heavy atom. The van der Waals surface area contributed by atoms with Gasteiger partial charge >= 0.3 is 0 Å². The molecule has 0 bridgehead atoms. The second kappa shape index (κ2) is 5.74. The Bertz CT molecular complexity index is 629. The molecule has 0 saturated carbocycles. The summed E-state index contributed by atoms with van der Waals surface area (Å²) in [5.41, 5.74) is 1.28. The maximum absolute atomic E-state index is 12.0. The number of hydrogen-bond donors (Lipinski definition) is 1. The van der Waals surface area contributed by atoms with Crippen molar-refractivity contribution in [3.63, 3.8) is 0 Å². The van der Waals surface area contributed by atoms with E-state index >= 15 is 0 Å². The fourth-order valence-corrected chi connectivity index (χ4v) is 1.94. The summed E-state index contributed by atoms with van der Waals surface area (Å²) in [4.78, 5) is 19.6. The van der Waals surface area contributed by atoms with E-state index in [1.54, 1.807) is 12.1 Å². The van der Waals surface area contributed by atoms with Gasteiger partial charge in [-0.05, 0) is 18.6 Å². The Labute approximate surface area is 124 Å². The highest BCUT2D eigenvalue weighted by Crippen LogP contribution is 2.33. The maximum Gasteiger partial charge on any atom is 0.275 e. The van der Waals surface area contributed by atoms with Gasteiger partial charge in [0.1, 0.15) is 10.8 Å². The quantitative estimate of drug-likeness (QED) is 0.911. The van der Waals surface area contributed by atoms with Crippen molar-refractivity contribution in [3.8, 4) is 0 Å². The first kappa shape index (κ1) is 14.1. The predicted molar refractivity (Wildman–Crippen MR) is 76.2 cm³/mol. The van der Waals surface area contributed by atoms with E-state index in [0.29, 0.717) is 15.7 Å². The number of amides is 1. The van der Waals surface area contributed by atoms with Gasteiger partial charge in [-0.1, -0.05) is 40.9 Å². The molecule has 1 N–H and O–H groups in total. The Hall–Kier alpha value is -1.36. The highest BCUT2D eigenvalue weighted by molar-refractivity contribution is 6.40. The third kappa shape index (κ3) is 3.15. The van der Waals surface area contributed by atoms with E-state index in [1.807, 2.05) is 6.92 Å². The summed E-state index contributed by atoms with van der Waals surface area (Å²) in [5, 5.41) is 3.56. The molecule has 0 saturated heterocycles. The summed E-state index contributed by atoms with van der Waals surface area (Å²) in [7, 11) is 0. The van der Waals surface area contributed by atoms with Crippen LogP contribution in [-0.4, -0.2) is 15.9 Å². The summed E-state index contributed by atoms with van der Waals surface area (Å²) in [5.74, 6) is -0.460. The first-order chi connectivity index (χ1) is 8.99. The summed E-state index contributed by atoms with van der Waals surface area (Å²) >= 11 is 17.7. The van der Waals surface area contributed by atoms with Gasteiger partial charge in [-0.15, -0.1) is 0 Å². The van der Waals surface area contributed by atoms with Crippen molar-refractivity contribution in [1.82, 2.24) is 9.97 Å². The minimum atomic E-state index is -0.460. The molecule has 0 unspecified atom stereocenters. The molecule has 0 aliphatic rings. The van der Waals surface area contributed by atoms with Crippen LogP contribution in [0.5, 0.6) is 0 Å². The highest BCUT2D eigenvalue weighted by atomic mass is 35.5. The van der Waals surface area contributed by atoms with E-state index < -0.39 is 5.91 Å². The number of anilines is 1. The van der Waals surface area contributed by atoms with Gasteiger partial charge in [-0.2, -0.15) is 0 Å². The molecule has 4 nitrogen and oxygen atoms in total. The van der Waals surface area contributed by atoms with Crippen molar-refractivity contribution in [3.05, 3.63) is 51.0 Å². The van der Waals surface area contributed by atoms with Crippen molar-refractivity contribution in [2.45, 2.75) is 6.92 Å². The standard InChI is InChI=1S/C12H8Cl3N3O/c1-6-2-3-7(13)11(10(6)15)18-12(19)8-4-17-9(14)5-16-8/h2-5H,1H3,(H,18,19). The molecule has 0 atom stereocenters. The van der Waals surface area contributed by atoms with Gasteiger partial charge in [0.2, 0.25) is 0 Å². The molecular weight excluding hydrogens is 309 g/mol. The van der Waals surface area contributed by atoms with Gasteiger partial charge in [-0.3, -0.25) is 4.79 Å². The van der Waals surface area contributed by atoms with Gasteiger partial charge in [-0.25, -0.2) is 9.97 Å². The fraction of sp³-hybridized carbons (Fsp3) is 0.0833. The molecule has 1 aromatic carbocycles. The largest absolute Gasteiger partial charge is 0.318 e. The Morgan fingerprint density at radius 2 is 1.89 bits per heavy atom. The first-order valence-corrected chi connectivity index (χ1v) is 6.36. The lowest BCUT2D eigenvalue weighted by atomic mass is 10.2. The van der Waals surface area contributed by atoms with Crippen molar-refractivity contribution in [2.24, 2.45) is 0 Å². The second-order valence-corrected chi connectivity index (χ2v) is 4.90. The van der Waals surface area contributed by atoms with Crippen LogP contribution < -0.4 is 5.32 Å². The summed E-state index contributed by atoms with van der Waals surface area (Å²) in [6.45, 7) is 1.82. The number of nitrogens with one attached hydrogen (secondary N) is 1. The first-order valence-electron chi connectivity index (χ1n) is 5.22. The van der Waals surface area contributed by atoms with E-state index in [0.717, 1.165) is 5.56 Å². The van der Waals surface area contributed by atoms with Crippen LogP contribution in [0.25, 0.3) is 0 Å². The smallest absolute Gasteiger partial charge is 0.275 e. The predicted octanol–water partition coefficient (Wildman–Crippen LogP) is 4.00. The van der Waals surface area contributed by atoms with E-state index in [1.165, 1.54) is 12.4 Å². The van der Waals surface area contributed by atoms with Gasteiger partial charge in [0, 0.05) is 0 Å². The molecule has 1 amide bonds. The molecule has 98 valence electrons. The molecule has 0 aliphatic carbocycles. The second-order valence-electron chi connectivity index (χ2n) is 3.73. The third-order valence-corrected chi connectivity index (χ3v) is 3.37. The highest BCUT2D eigenvalue weighted by Gasteiger charge is 2.14. The number of carbonyl (C=O) groups is 1. The van der Waals surface area contributed by atoms with Gasteiger partial charge < -0.3 is 5.32 Å². The van der Waals surface area contributed by atoms with Gasteiger partial charge in [0.15, 0.2) is 0 Å². The van der Waals surface area contributed by atoms with Crippen LogP contribution in [0, 0.1) is 6.92 Å². The SMILES string of the molecule is Cc1ccc(Cl)c(NC(=O)c2cnc(Cl)cn2)c1Cl. The van der Waals surface area contributed by atoms with Crippen molar-refractivity contribution in [2.75, 3.05) is 5.32 Å². The minimum Gasteiger partial charge on any atom is -0.318 e. The number of carbonyl (C=O) groups excluding carboxylic acids is 1. The zero-order valence-corrected chi connectivity index (χ0v) is 12.0. The average molecular weight is 317 g/mol. The minimum absolute atomic E-state index is 0.123. The summed E-state index contributed by atoms with van der Waals surface area (Å²) in [6.07, 6.45) is 2.56. The topological polar surface area (TPSA) is 54.9 Å². The Kier molecular flexibility index (Phi) is 4.24. The zero-order valence-electron chi connectivity index (χ0n) is 9.75. The third-order valence-electron chi connectivity index (χ3n) is 2.38. The number of nitrogens with zero attached hydrogens (tertiary/aromatic N) is 2. The monoisotopic (exact) mass is 315 g/mol. The normalized spacial score (nSPS) is 10.3. The van der Waals surface area contributed by atoms with Crippen LogP contribution >= 0.6 is 34.8 Å². The van der Waals surface area contributed by atoms with Crippen molar-refractivity contribution in [1.29, 1.82) is 0 Å². The lowest BCUT2D eigenvalue weighted by Gasteiger charge is -2.10. The molecular formula is C12H8Cl3N3O. The molecule has 1 aromatic heterocycles.